The molecule has 0 radical (unpaired) electrons. The van der Waals surface area contributed by atoms with Crippen LogP contribution in [0.3, 0.4) is 0 Å². The zero-order chi connectivity index (χ0) is 30.5. The number of carbonyl (C=O) groups is 1. The molecular weight excluding hydrogens is 602 g/mol. The molecular formula is C30H29Cl2FN4O4S. The molecule has 12 heteroatoms. The number of benzene rings is 3. The highest BCUT2D eigenvalue weighted by Gasteiger charge is 2.33. The molecule has 1 aliphatic rings. The second-order valence-corrected chi connectivity index (χ2v) is 13.1. The number of amides is 1. The fraction of sp³-hybridized carbons (Fsp3) is 0.267. The van der Waals surface area contributed by atoms with Gasteiger partial charge in [0.25, 0.3) is 21.5 Å². The lowest BCUT2D eigenvalue weighted by atomic mass is 9.84. The Morgan fingerprint density at radius 1 is 1.07 bits per heavy atom. The summed E-state index contributed by atoms with van der Waals surface area (Å²) in [5.74, 6) is -0.643. The van der Waals surface area contributed by atoms with E-state index in [1.165, 1.54) is 32.5 Å². The third kappa shape index (κ3) is 5.34. The summed E-state index contributed by atoms with van der Waals surface area (Å²) in [4.78, 5) is 28.3. The highest BCUT2D eigenvalue weighted by molar-refractivity contribution is 7.92. The van der Waals surface area contributed by atoms with E-state index in [1.807, 2.05) is 13.8 Å². The number of aromatic nitrogens is 2. The highest BCUT2D eigenvalue weighted by atomic mass is 35.5. The first-order valence-electron chi connectivity index (χ1n) is 13.3. The number of para-hydroxylation sites is 1. The molecule has 1 N–H and O–H groups in total. The van der Waals surface area contributed by atoms with Gasteiger partial charge in [0.2, 0.25) is 0 Å². The van der Waals surface area contributed by atoms with Gasteiger partial charge in [0.15, 0.2) is 0 Å². The van der Waals surface area contributed by atoms with Gasteiger partial charge >= 0.3 is 0 Å². The number of hydrogen-bond donors (Lipinski definition) is 1. The molecule has 42 heavy (non-hydrogen) atoms. The first-order valence-corrected chi connectivity index (χ1v) is 15.5. The summed E-state index contributed by atoms with van der Waals surface area (Å²) >= 11 is 12.7. The van der Waals surface area contributed by atoms with Crippen molar-refractivity contribution in [1.82, 2.24) is 9.36 Å². The molecule has 8 nitrogen and oxygen atoms in total. The molecule has 2 heterocycles. The molecule has 1 aliphatic heterocycles. The van der Waals surface area contributed by atoms with Gasteiger partial charge in [0, 0.05) is 24.8 Å². The summed E-state index contributed by atoms with van der Waals surface area (Å²) < 4.78 is 46.7. The van der Waals surface area contributed by atoms with Gasteiger partial charge in [0.1, 0.15) is 16.4 Å². The maximum absolute atomic E-state index is 14.1. The lowest BCUT2D eigenvalue weighted by molar-refractivity contribution is 0.0977. The Morgan fingerprint density at radius 3 is 2.43 bits per heavy atom. The zero-order valence-electron chi connectivity index (χ0n) is 23.4. The number of fused-ring (bicyclic) bond motifs is 1. The molecule has 220 valence electrons. The Labute approximate surface area is 253 Å². The van der Waals surface area contributed by atoms with E-state index in [2.05, 4.69) is 4.72 Å². The van der Waals surface area contributed by atoms with Gasteiger partial charge in [-0.05, 0) is 73.2 Å². The van der Waals surface area contributed by atoms with Gasteiger partial charge < -0.3 is 4.90 Å². The monoisotopic (exact) mass is 630 g/mol. The van der Waals surface area contributed by atoms with Gasteiger partial charge in [-0.15, -0.1) is 0 Å². The van der Waals surface area contributed by atoms with Gasteiger partial charge in [-0.2, -0.15) is 0 Å². The number of nitrogens with one attached hydrogen (secondary N) is 1. The summed E-state index contributed by atoms with van der Waals surface area (Å²) in [5.41, 5.74) is 1.38. The van der Waals surface area contributed by atoms with Crippen LogP contribution in [-0.4, -0.2) is 30.2 Å². The number of rotatable bonds is 6. The maximum Gasteiger partial charge on any atom is 0.296 e. The predicted octanol–water partition coefficient (Wildman–Crippen LogP) is 6.21. The fourth-order valence-corrected chi connectivity index (χ4v) is 7.14. The Balaban J connectivity index is 1.55. The number of halogens is 3. The van der Waals surface area contributed by atoms with E-state index in [1.54, 1.807) is 50.4 Å². The average Bonchev–Trinajstić information content (AvgIpc) is 3.15. The van der Waals surface area contributed by atoms with Gasteiger partial charge in [-0.1, -0.05) is 55.2 Å². The third-order valence-electron chi connectivity index (χ3n) is 7.74. The van der Waals surface area contributed by atoms with Crippen LogP contribution >= 0.6 is 23.2 Å². The summed E-state index contributed by atoms with van der Waals surface area (Å²) in [6.07, 6.45) is 0.608. The van der Waals surface area contributed by atoms with E-state index in [4.69, 9.17) is 23.2 Å². The van der Waals surface area contributed by atoms with Crippen LogP contribution in [0.2, 0.25) is 10.0 Å². The minimum atomic E-state index is -4.49. The lowest BCUT2D eigenvalue weighted by Crippen LogP contribution is -2.41. The van der Waals surface area contributed by atoms with Crippen LogP contribution in [-0.2, 0) is 23.5 Å². The molecule has 1 amide bonds. The number of hydrogen-bond acceptors (Lipinski definition) is 4. The third-order valence-corrected chi connectivity index (χ3v) is 10.0. The Bertz CT molecular complexity index is 1870. The van der Waals surface area contributed by atoms with Crippen molar-refractivity contribution >= 4 is 50.5 Å². The number of carbonyl (C=O) groups excluding carboxylic acids is 1. The minimum Gasteiger partial charge on any atom is -0.308 e. The van der Waals surface area contributed by atoms with Gasteiger partial charge in [-0.25, -0.2) is 17.5 Å². The quantitative estimate of drug-likeness (QED) is 0.274. The number of anilines is 2. The van der Waals surface area contributed by atoms with Gasteiger partial charge in [0.05, 0.1) is 21.4 Å². The van der Waals surface area contributed by atoms with Crippen molar-refractivity contribution in [3.05, 3.63) is 104 Å². The van der Waals surface area contributed by atoms with E-state index in [-0.39, 0.29) is 33.1 Å². The number of sulfonamides is 1. The van der Waals surface area contributed by atoms with Crippen LogP contribution < -0.4 is 15.2 Å². The Morgan fingerprint density at radius 2 is 1.76 bits per heavy atom. The number of nitrogens with zero attached hydrogens (tertiary/aromatic N) is 3. The van der Waals surface area contributed by atoms with Crippen LogP contribution in [0.15, 0.2) is 70.4 Å². The summed E-state index contributed by atoms with van der Waals surface area (Å²) in [6.45, 7) is 6.03. The molecule has 0 fully saturated rings. The zero-order valence-corrected chi connectivity index (χ0v) is 25.7. The standard InChI is InChI=1S/C30H29Cl2FN4O4S/c1-17(2)21-12-19-13-22(33)10-11-25(19)36(16-21)29(38)20-14-24(31)27(32)26(15-20)42(40,41)34-28-18(3)35(4)37(30(28)39)23-8-6-5-7-9-23/h5-11,13-15,17,21,34H,12,16H2,1-4H3. The first-order chi connectivity index (χ1) is 19.8. The second kappa shape index (κ2) is 11.2. The fourth-order valence-electron chi connectivity index (χ4n) is 5.21. The van der Waals surface area contributed by atoms with E-state index in [9.17, 15) is 22.4 Å². The van der Waals surface area contributed by atoms with Crippen LogP contribution in [0.4, 0.5) is 15.8 Å². The smallest absolute Gasteiger partial charge is 0.296 e. The molecule has 1 unspecified atom stereocenters. The molecule has 0 saturated carbocycles. The normalized spacial score (nSPS) is 15.1. The van der Waals surface area contributed by atoms with Crippen molar-refractivity contribution in [3.63, 3.8) is 0 Å². The summed E-state index contributed by atoms with van der Waals surface area (Å²) in [7, 11) is -2.85. The molecule has 1 aromatic heterocycles. The summed E-state index contributed by atoms with van der Waals surface area (Å²) in [6, 6.07) is 15.5. The van der Waals surface area contributed by atoms with Gasteiger partial charge in [-0.3, -0.25) is 19.0 Å². The van der Waals surface area contributed by atoms with Crippen LogP contribution in [0.1, 0.15) is 35.5 Å². The van der Waals surface area contributed by atoms with Crippen LogP contribution in [0.5, 0.6) is 0 Å². The maximum atomic E-state index is 14.1. The van der Waals surface area contributed by atoms with E-state index >= 15 is 0 Å². The molecule has 5 rings (SSSR count). The Hall–Kier alpha value is -3.60. The second-order valence-electron chi connectivity index (χ2n) is 10.7. The van der Waals surface area contributed by atoms with Crippen molar-refractivity contribution < 1.29 is 17.6 Å². The largest absolute Gasteiger partial charge is 0.308 e. The van der Waals surface area contributed by atoms with E-state index in [0.29, 0.717) is 35.6 Å². The van der Waals surface area contributed by atoms with E-state index in [0.717, 1.165) is 6.07 Å². The molecule has 4 aromatic rings. The highest BCUT2D eigenvalue weighted by Crippen LogP contribution is 2.37. The van der Waals surface area contributed by atoms with Crippen molar-refractivity contribution in [2.75, 3.05) is 16.2 Å². The van der Waals surface area contributed by atoms with Crippen molar-refractivity contribution in [1.29, 1.82) is 0 Å². The predicted molar refractivity (Wildman–Crippen MR) is 163 cm³/mol. The molecule has 0 aliphatic carbocycles. The molecule has 1 atom stereocenters. The summed E-state index contributed by atoms with van der Waals surface area (Å²) in [5, 5.41) is -0.440. The topological polar surface area (TPSA) is 93.4 Å². The molecule has 0 spiro atoms. The Kier molecular flexibility index (Phi) is 8.00. The first kappa shape index (κ1) is 29.9. The molecule has 3 aromatic carbocycles. The molecule has 0 saturated heterocycles. The van der Waals surface area contributed by atoms with Crippen LogP contribution in [0, 0.1) is 24.6 Å². The van der Waals surface area contributed by atoms with Crippen molar-refractivity contribution in [2.45, 2.75) is 32.1 Å². The average molecular weight is 632 g/mol. The van der Waals surface area contributed by atoms with E-state index < -0.39 is 32.2 Å². The lowest BCUT2D eigenvalue weighted by Gasteiger charge is -2.36. The minimum absolute atomic E-state index is 0.0177. The molecule has 0 bridgehead atoms. The van der Waals surface area contributed by atoms with Crippen molar-refractivity contribution in [3.8, 4) is 5.69 Å². The SMILES string of the molecule is Cc1c(NS(=O)(=O)c2cc(C(=O)N3CC(C(C)C)Cc4cc(F)ccc43)cc(Cl)c2Cl)c(=O)n(-c2ccccc2)n1C. The van der Waals surface area contributed by atoms with Crippen LogP contribution in [0.25, 0.3) is 5.69 Å². The van der Waals surface area contributed by atoms with Crippen molar-refractivity contribution in [2.24, 2.45) is 18.9 Å².